The summed E-state index contributed by atoms with van der Waals surface area (Å²) in [6, 6.07) is 5.80. The summed E-state index contributed by atoms with van der Waals surface area (Å²) in [5.41, 5.74) is 7.71. The maximum absolute atomic E-state index is 11.3. The molecule has 1 aromatic heterocycles. The minimum absolute atomic E-state index is 0.263. The minimum atomic E-state index is -0.406. The molecule has 1 amide bonds. The molecule has 0 bridgehead atoms. The Hall–Kier alpha value is -1.84. The Balaban J connectivity index is 2.84. The van der Waals surface area contributed by atoms with Gasteiger partial charge in [-0.05, 0) is 32.9 Å². The van der Waals surface area contributed by atoms with Crippen LogP contribution in [0.1, 0.15) is 35.9 Å². The molecule has 0 unspecified atom stereocenters. The Labute approximate surface area is 94.0 Å². The molecule has 4 heteroatoms. The monoisotopic (exact) mass is 217 g/mol. The third-order valence-corrected chi connectivity index (χ3v) is 2.66. The average molecular weight is 217 g/mol. The van der Waals surface area contributed by atoms with E-state index in [4.69, 9.17) is 5.73 Å². The second-order valence-corrected chi connectivity index (χ2v) is 4.19. The number of hydrogen-bond donors (Lipinski definition) is 1. The van der Waals surface area contributed by atoms with Crippen LogP contribution in [0.2, 0.25) is 0 Å². The third-order valence-electron chi connectivity index (χ3n) is 2.66. The molecule has 0 aliphatic heterocycles. The smallest absolute Gasteiger partial charge is 0.249 e. The highest BCUT2D eigenvalue weighted by atomic mass is 16.1. The van der Waals surface area contributed by atoms with Crippen LogP contribution in [-0.4, -0.2) is 15.7 Å². The van der Waals surface area contributed by atoms with Crippen LogP contribution >= 0.6 is 0 Å². The summed E-state index contributed by atoms with van der Waals surface area (Å²) in [4.78, 5) is 11.3. The third kappa shape index (κ3) is 1.46. The Bertz CT molecular complexity index is 555. The molecule has 4 nitrogen and oxygen atoms in total. The van der Waals surface area contributed by atoms with Crippen molar-refractivity contribution in [2.24, 2.45) is 5.73 Å². The SMILES string of the molecule is Cc1nn(C(C)C)c2cccc(C(N)=O)c12. The molecule has 0 aliphatic rings. The fraction of sp³-hybridized carbons (Fsp3) is 0.333. The lowest BCUT2D eigenvalue weighted by Crippen LogP contribution is -2.11. The molecule has 0 aliphatic carbocycles. The van der Waals surface area contributed by atoms with Crippen LogP contribution in [0.25, 0.3) is 10.9 Å². The first-order valence-electron chi connectivity index (χ1n) is 5.30. The minimum Gasteiger partial charge on any atom is -0.366 e. The Morgan fingerprint density at radius 3 is 2.69 bits per heavy atom. The highest BCUT2D eigenvalue weighted by Gasteiger charge is 2.15. The summed E-state index contributed by atoms with van der Waals surface area (Å²) in [5.74, 6) is -0.406. The summed E-state index contributed by atoms with van der Waals surface area (Å²) in [7, 11) is 0. The molecule has 0 saturated heterocycles. The Morgan fingerprint density at radius 1 is 1.44 bits per heavy atom. The van der Waals surface area contributed by atoms with Crippen molar-refractivity contribution in [1.82, 2.24) is 9.78 Å². The standard InChI is InChI=1S/C12H15N3O/c1-7(2)15-10-6-4-5-9(12(13)16)11(10)8(3)14-15/h4-7H,1-3H3,(H2,13,16). The van der Waals surface area contributed by atoms with Gasteiger partial charge in [0.15, 0.2) is 0 Å². The molecule has 1 aromatic carbocycles. The molecular weight excluding hydrogens is 202 g/mol. The van der Waals surface area contributed by atoms with Crippen LogP contribution in [0, 0.1) is 6.92 Å². The van der Waals surface area contributed by atoms with Crippen LogP contribution in [0.4, 0.5) is 0 Å². The van der Waals surface area contributed by atoms with Crippen molar-refractivity contribution < 1.29 is 4.79 Å². The average Bonchev–Trinajstić information content (AvgIpc) is 2.56. The predicted molar refractivity (Wildman–Crippen MR) is 63.4 cm³/mol. The molecule has 2 aromatic rings. The first-order chi connectivity index (χ1) is 7.52. The van der Waals surface area contributed by atoms with E-state index in [1.54, 1.807) is 6.07 Å². The molecule has 16 heavy (non-hydrogen) atoms. The molecule has 0 atom stereocenters. The molecule has 1 heterocycles. The zero-order valence-corrected chi connectivity index (χ0v) is 9.69. The molecule has 2 rings (SSSR count). The topological polar surface area (TPSA) is 60.9 Å². The van der Waals surface area contributed by atoms with Gasteiger partial charge in [-0.15, -0.1) is 0 Å². The van der Waals surface area contributed by atoms with Crippen molar-refractivity contribution in [3.8, 4) is 0 Å². The van der Waals surface area contributed by atoms with Gasteiger partial charge in [-0.3, -0.25) is 9.48 Å². The van der Waals surface area contributed by atoms with Crippen LogP contribution in [0.3, 0.4) is 0 Å². The number of nitrogens with zero attached hydrogens (tertiary/aromatic N) is 2. The summed E-state index contributed by atoms with van der Waals surface area (Å²) in [5, 5.41) is 5.31. The quantitative estimate of drug-likeness (QED) is 0.836. The van der Waals surface area contributed by atoms with Crippen LogP contribution < -0.4 is 5.73 Å². The number of hydrogen-bond acceptors (Lipinski definition) is 2. The number of benzene rings is 1. The number of amides is 1. The summed E-state index contributed by atoms with van der Waals surface area (Å²) < 4.78 is 1.91. The van der Waals surface area contributed by atoms with Crippen molar-refractivity contribution in [3.63, 3.8) is 0 Å². The lowest BCUT2D eigenvalue weighted by molar-refractivity contribution is 0.100. The number of nitrogens with two attached hydrogens (primary N) is 1. The summed E-state index contributed by atoms with van der Waals surface area (Å²) >= 11 is 0. The van der Waals surface area contributed by atoms with E-state index in [0.717, 1.165) is 16.6 Å². The molecule has 2 N–H and O–H groups in total. The van der Waals surface area contributed by atoms with E-state index in [0.29, 0.717) is 5.56 Å². The number of carbonyl (C=O) groups excluding carboxylic acids is 1. The van der Waals surface area contributed by atoms with Gasteiger partial charge in [-0.2, -0.15) is 5.10 Å². The molecule has 0 fully saturated rings. The van der Waals surface area contributed by atoms with Crippen molar-refractivity contribution >= 4 is 16.8 Å². The van der Waals surface area contributed by atoms with Crippen molar-refractivity contribution in [2.45, 2.75) is 26.8 Å². The Kier molecular flexibility index (Phi) is 2.42. The first kappa shape index (κ1) is 10.7. The Morgan fingerprint density at radius 2 is 2.12 bits per heavy atom. The lowest BCUT2D eigenvalue weighted by atomic mass is 10.1. The largest absolute Gasteiger partial charge is 0.366 e. The van der Waals surface area contributed by atoms with E-state index in [1.165, 1.54) is 0 Å². The van der Waals surface area contributed by atoms with E-state index in [9.17, 15) is 4.79 Å². The van der Waals surface area contributed by atoms with Gasteiger partial charge < -0.3 is 5.73 Å². The van der Waals surface area contributed by atoms with E-state index < -0.39 is 5.91 Å². The zero-order valence-electron chi connectivity index (χ0n) is 9.69. The predicted octanol–water partition coefficient (Wildman–Crippen LogP) is 2.02. The fourth-order valence-corrected chi connectivity index (χ4v) is 1.98. The lowest BCUT2D eigenvalue weighted by Gasteiger charge is -2.07. The second kappa shape index (κ2) is 3.63. The first-order valence-corrected chi connectivity index (χ1v) is 5.30. The van der Waals surface area contributed by atoms with Gasteiger partial charge in [0.2, 0.25) is 5.91 Å². The second-order valence-electron chi connectivity index (χ2n) is 4.19. The van der Waals surface area contributed by atoms with Crippen LogP contribution in [-0.2, 0) is 0 Å². The highest BCUT2D eigenvalue weighted by Crippen LogP contribution is 2.24. The van der Waals surface area contributed by atoms with Crippen molar-refractivity contribution in [1.29, 1.82) is 0 Å². The van der Waals surface area contributed by atoms with Gasteiger partial charge >= 0.3 is 0 Å². The van der Waals surface area contributed by atoms with E-state index in [2.05, 4.69) is 18.9 Å². The number of rotatable bonds is 2. The number of aromatic nitrogens is 2. The molecule has 0 spiro atoms. The summed E-state index contributed by atoms with van der Waals surface area (Å²) in [6.07, 6.45) is 0. The highest BCUT2D eigenvalue weighted by molar-refractivity contribution is 6.06. The van der Waals surface area contributed by atoms with Crippen molar-refractivity contribution in [2.75, 3.05) is 0 Å². The van der Waals surface area contributed by atoms with Gasteiger partial charge in [0.25, 0.3) is 0 Å². The molecule has 0 saturated carbocycles. The number of aryl methyl sites for hydroxylation is 1. The number of carbonyl (C=O) groups is 1. The van der Waals surface area contributed by atoms with Gasteiger partial charge in [0.1, 0.15) is 0 Å². The van der Waals surface area contributed by atoms with Crippen LogP contribution in [0.15, 0.2) is 18.2 Å². The molecular formula is C12H15N3O. The van der Waals surface area contributed by atoms with Crippen molar-refractivity contribution in [3.05, 3.63) is 29.5 Å². The van der Waals surface area contributed by atoms with E-state index in [-0.39, 0.29) is 6.04 Å². The van der Waals surface area contributed by atoms with E-state index >= 15 is 0 Å². The van der Waals surface area contributed by atoms with Gasteiger partial charge in [-0.25, -0.2) is 0 Å². The van der Waals surface area contributed by atoms with Gasteiger partial charge in [-0.1, -0.05) is 6.07 Å². The zero-order chi connectivity index (χ0) is 11.9. The molecule has 0 radical (unpaired) electrons. The summed E-state index contributed by atoms with van der Waals surface area (Å²) in [6.45, 7) is 6.01. The fourth-order valence-electron chi connectivity index (χ4n) is 1.98. The maximum atomic E-state index is 11.3. The molecule has 84 valence electrons. The number of primary amides is 1. The normalized spacial score (nSPS) is 11.2. The maximum Gasteiger partial charge on any atom is 0.249 e. The van der Waals surface area contributed by atoms with Crippen LogP contribution in [0.5, 0.6) is 0 Å². The van der Waals surface area contributed by atoms with Gasteiger partial charge in [0.05, 0.1) is 16.8 Å². The van der Waals surface area contributed by atoms with E-state index in [1.807, 2.05) is 23.7 Å². The van der Waals surface area contributed by atoms with Gasteiger partial charge in [0, 0.05) is 11.4 Å². The number of fused-ring (bicyclic) bond motifs is 1.